The van der Waals surface area contributed by atoms with Gasteiger partial charge in [0.1, 0.15) is 0 Å². The number of nitrogens with two attached hydrogens (primary N) is 1. The number of nitrogens with zero attached hydrogens (tertiary/aromatic N) is 1. The minimum Gasteiger partial charge on any atom is -0.347 e. The molecule has 0 radical (unpaired) electrons. The number of hydrogen-bond donors (Lipinski definition) is 1. The van der Waals surface area contributed by atoms with Crippen LogP contribution in [0.3, 0.4) is 0 Å². The molecule has 62 valence electrons. The maximum Gasteiger partial charge on any atom is 0.0384 e. The van der Waals surface area contributed by atoms with Crippen molar-refractivity contribution in [3.8, 4) is 0 Å². The van der Waals surface area contributed by atoms with E-state index in [1.165, 1.54) is 15.9 Å². The molecule has 11 heavy (non-hydrogen) atoms. The fraction of sp³-hybridized carbons (Fsp3) is 0.500. The summed E-state index contributed by atoms with van der Waals surface area (Å²) < 4.78 is 3.38. The second kappa shape index (κ2) is 3.41. The zero-order valence-electron chi connectivity index (χ0n) is 6.89. The maximum atomic E-state index is 5.47. The van der Waals surface area contributed by atoms with Gasteiger partial charge in [0.05, 0.1) is 0 Å². The lowest BCUT2D eigenvalue weighted by atomic mass is 10.5. The van der Waals surface area contributed by atoms with E-state index in [1.807, 2.05) is 0 Å². The van der Waals surface area contributed by atoms with Crippen molar-refractivity contribution >= 4 is 15.9 Å². The van der Waals surface area contributed by atoms with Crippen molar-refractivity contribution in [1.82, 2.24) is 4.57 Å². The molecule has 0 atom stereocenters. The average Bonchev–Trinajstić information content (AvgIpc) is 2.17. The first kappa shape index (κ1) is 8.81. The zero-order valence-corrected chi connectivity index (χ0v) is 8.48. The summed E-state index contributed by atoms with van der Waals surface area (Å²) >= 11 is 3.48. The van der Waals surface area contributed by atoms with E-state index in [-0.39, 0.29) is 0 Å². The van der Waals surface area contributed by atoms with Crippen LogP contribution in [0.2, 0.25) is 0 Å². The average molecular weight is 217 g/mol. The van der Waals surface area contributed by atoms with Crippen LogP contribution in [0, 0.1) is 13.8 Å². The molecule has 0 unspecified atom stereocenters. The molecule has 0 saturated carbocycles. The van der Waals surface area contributed by atoms with Crippen LogP contribution < -0.4 is 5.73 Å². The third kappa shape index (κ3) is 1.65. The summed E-state index contributed by atoms with van der Waals surface area (Å²) in [5.41, 5.74) is 7.99. The van der Waals surface area contributed by atoms with E-state index >= 15 is 0 Å². The second-order valence-corrected chi connectivity index (χ2v) is 3.51. The minimum absolute atomic E-state index is 0.697. The van der Waals surface area contributed by atoms with E-state index in [9.17, 15) is 0 Å². The molecule has 3 heteroatoms. The van der Waals surface area contributed by atoms with E-state index in [0.717, 1.165) is 6.54 Å². The second-order valence-electron chi connectivity index (χ2n) is 2.66. The Bertz CT molecular complexity index is 253. The van der Waals surface area contributed by atoms with Crippen molar-refractivity contribution in [2.75, 3.05) is 6.54 Å². The summed E-state index contributed by atoms with van der Waals surface area (Å²) in [5.74, 6) is 0. The summed E-state index contributed by atoms with van der Waals surface area (Å²) in [4.78, 5) is 0. The molecule has 2 N–H and O–H groups in total. The van der Waals surface area contributed by atoms with Crippen LogP contribution in [0.1, 0.15) is 11.4 Å². The van der Waals surface area contributed by atoms with Crippen LogP contribution in [-0.4, -0.2) is 11.1 Å². The Morgan fingerprint density at radius 3 is 2.55 bits per heavy atom. The molecular weight excluding hydrogens is 204 g/mol. The number of rotatable bonds is 2. The fourth-order valence-corrected chi connectivity index (χ4v) is 1.78. The number of halogens is 1. The van der Waals surface area contributed by atoms with Crippen molar-refractivity contribution < 1.29 is 0 Å². The quantitative estimate of drug-likeness (QED) is 0.804. The fourth-order valence-electron chi connectivity index (χ4n) is 1.23. The van der Waals surface area contributed by atoms with E-state index in [1.54, 1.807) is 0 Å². The summed E-state index contributed by atoms with van der Waals surface area (Å²) in [7, 11) is 0. The van der Waals surface area contributed by atoms with Crippen LogP contribution in [0.4, 0.5) is 0 Å². The molecule has 1 aromatic heterocycles. The minimum atomic E-state index is 0.697. The van der Waals surface area contributed by atoms with Gasteiger partial charge in [0.2, 0.25) is 0 Å². The molecule has 0 fully saturated rings. The van der Waals surface area contributed by atoms with E-state index in [4.69, 9.17) is 5.73 Å². The Kier molecular flexibility index (Phi) is 2.73. The van der Waals surface area contributed by atoms with E-state index < -0.39 is 0 Å². The predicted molar refractivity (Wildman–Crippen MR) is 50.7 cm³/mol. The first-order chi connectivity index (χ1) is 5.16. The van der Waals surface area contributed by atoms with Gasteiger partial charge in [-0.25, -0.2) is 0 Å². The molecule has 0 aromatic carbocycles. The van der Waals surface area contributed by atoms with Crippen LogP contribution >= 0.6 is 15.9 Å². The maximum absolute atomic E-state index is 5.47. The number of aryl methyl sites for hydroxylation is 1. The topological polar surface area (TPSA) is 30.9 Å². The van der Waals surface area contributed by atoms with Gasteiger partial charge in [-0.1, -0.05) is 0 Å². The monoisotopic (exact) mass is 216 g/mol. The van der Waals surface area contributed by atoms with Crippen molar-refractivity contribution in [3.63, 3.8) is 0 Å². The standard InChI is InChI=1S/C8H13BrN2/c1-6-5-8(9)7(2)11(6)4-3-10/h5H,3-4,10H2,1-2H3. The van der Waals surface area contributed by atoms with Crippen LogP contribution in [0.15, 0.2) is 10.5 Å². The molecule has 0 aliphatic heterocycles. The molecular formula is C8H13BrN2. The van der Waals surface area contributed by atoms with Crippen molar-refractivity contribution in [2.24, 2.45) is 5.73 Å². The highest BCUT2D eigenvalue weighted by atomic mass is 79.9. The van der Waals surface area contributed by atoms with Crippen molar-refractivity contribution in [2.45, 2.75) is 20.4 Å². The SMILES string of the molecule is Cc1cc(Br)c(C)n1CCN. The smallest absolute Gasteiger partial charge is 0.0384 e. The van der Waals surface area contributed by atoms with Gasteiger partial charge in [-0.05, 0) is 35.8 Å². The van der Waals surface area contributed by atoms with Gasteiger partial charge in [-0.15, -0.1) is 0 Å². The first-order valence-corrected chi connectivity index (χ1v) is 4.48. The molecule has 0 aliphatic rings. The molecule has 1 heterocycles. The molecule has 0 aliphatic carbocycles. The Morgan fingerprint density at radius 2 is 2.18 bits per heavy atom. The molecule has 2 nitrogen and oxygen atoms in total. The van der Waals surface area contributed by atoms with E-state index in [2.05, 4.69) is 40.4 Å². The molecule has 0 amide bonds. The van der Waals surface area contributed by atoms with Crippen LogP contribution in [-0.2, 0) is 6.54 Å². The van der Waals surface area contributed by atoms with Gasteiger partial charge >= 0.3 is 0 Å². The van der Waals surface area contributed by atoms with Crippen LogP contribution in [0.5, 0.6) is 0 Å². The Morgan fingerprint density at radius 1 is 1.55 bits per heavy atom. The van der Waals surface area contributed by atoms with Gasteiger partial charge in [-0.2, -0.15) is 0 Å². The summed E-state index contributed by atoms with van der Waals surface area (Å²) in [6.07, 6.45) is 0. The molecule has 1 aromatic rings. The number of aromatic nitrogens is 1. The normalized spacial score (nSPS) is 10.5. The van der Waals surface area contributed by atoms with Gasteiger partial charge in [-0.3, -0.25) is 0 Å². The highest BCUT2D eigenvalue weighted by Crippen LogP contribution is 2.19. The lowest BCUT2D eigenvalue weighted by Gasteiger charge is -2.06. The first-order valence-electron chi connectivity index (χ1n) is 3.69. The third-order valence-corrected chi connectivity index (χ3v) is 2.67. The van der Waals surface area contributed by atoms with Gasteiger partial charge in [0.25, 0.3) is 0 Å². The van der Waals surface area contributed by atoms with Gasteiger partial charge in [0, 0.05) is 29.0 Å². The molecule has 0 bridgehead atoms. The molecule has 1 rings (SSSR count). The molecule has 0 saturated heterocycles. The third-order valence-electron chi connectivity index (χ3n) is 1.86. The highest BCUT2D eigenvalue weighted by molar-refractivity contribution is 9.10. The largest absolute Gasteiger partial charge is 0.347 e. The van der Waals surface area contributed by atoms with Crippen LogP contribution in [0.25, 0.3) is 0 Å². The van der Waals surface area contributed by atoms with E-state index in [0.29, 0.717) is 6.54 Å². The summed E-state index contributed by atoms with van der Waals surface area (Å²) in [6, 6.07) is 2.12. The van der Waals surface area contributed by atoms with Gasteiger partial charge < -0.3 is 10.3 Å². The lowest BCUT2D eigenvalue weighted by Crippen LogP contribution is -2.11. The zero-order chi connectivity index (χ0) is 8.43. The summed E-state index contributed by atoms with van der Waals surface area (Å²) in [6.45, 7) is 5.78. The Balaban J connectivity index is 3.02. The Labute approximate surface area is 75.5 Å². The van der Waals surface area contributed by atoms with Gasteiger partial charge in [0.15, 0.2) is 0 Å². The molecule has 0 spiro atoms. The number of hydrogen-bond acceptors (Lipinski definition) is 1. The highest BCUT2D eigenvalue weighted by Gasteiger charge is 2.04. The predicted octanol–water partition coefficient (Wildman–Crippen LogP) is 1.83. The van der Waals surface area contributed by atoms with Crippen molar-refractivity contribution in [1.29, 1.82) is 0 Å². The van der Waals surface area contributed by atoms with Crippen molar-refractivity contribution in [3.05, 3.63) is 21.9 Å². The lowest BCUT2D eigenvalue weighted by molar-refractivity contribution is 0.674. The Hall–Kier alpha value is -0.280. The summed E-state index contributed by atoms with van der Waals surface area (Å²) in [5, 5.41) is 0.